The maximum Gasteiger partial charge on any atom is 0.325 e. The van der Waals surface area contributed by atoms with E-state index in [1.54, 1.807) is 0 Å². The largest absolute Gasteiger partial charge is 0.325 e. The lowest BCUT2D eigenvalue weighted by atomic mass is 9.93. The van der Waals surface area contributed by atoms with Crippen LogP contribution in [0, 0.1) is 0 Å². The number of carbonyl (C=O) groups is 2. The van der Waals surface area contributed by atoms with Gasteiger partial charge in [-0.15, -0.1) is 10.2 Å². The molecule has 0 atom stereocenters. The monoisotopic (exact) mass is 564 g/mol. The molecule has 8 heteroatoms. The molecule has 1 aromatic heterocycles. The zero-order valence-corrected chi connectivity index (χ0v) is 25.9. The Kier molecular flexibility index (Phi) is 17.9. The molecule has 0 aliphatic heterocycles. The minimum absolute atomic E-state index is 0.198. The van der Waals surface area contributed by atoms with Crippen molar-refractivity contribution in [1.82, 2.24) is 10.2 Å². The summed E-state index contributed by atoms with van der Waals surface area (Å²) in [7, 11) is 0. The molecule has 0 radical (unpaired) electrons. The van der Waals surface area contributed by atoms with Crippen molar-refractivity contribution < 1.29 is 9.59 Å². The highest BCUT2D eigenvalue weighted by molar-refractivity contribution is 7.15. The number of hydrogen-bond donors (Lipinski definition) is 2. The van der Waals surface area contributed by atoms with Gasteiger partial charge in [-0.2, -0.15) is 0 Å². The van der Waals surface area contributed by atoms with Crippen LogP contribution in [0.3, 0.4) is 0 Å². The summed E-state index contributed by atoms with van der Waals surface area (Å²) >= 11 is 6.61. The maximum absolute atomic E-state index is 12.6. The highest BCUT2D eigenvalue weighted by Crippen LogP contribution is 2.32. The summed E-state index contributed by atoms with van der Waals surface area (Å²) < 4.78 is 0. The molecule has 0 saturated carbocycles. The fourth-order valence-corrected chi connectivity index (χ4v) is 5.00. The summed E-state index contributed by atoms with van der Waals surface area (Å²) in [6.07, 6.45) is 13.5. The number of rotatable bonds is 16. The standard InChI is InChI=1S/C22H34N4OS.C8H15ClO/c1-6-7-8-9-10-14-19-25-26-22(28-19)24-21(27)23-20-17(15(2)3)12-11-13-18(20)16(4)5;1-2-3-4-5-6-7-8(9)10/h11-13,15-16H,6-10,14H2,1-5H3,(H2,23,24,26,27);2-7H2,1H3. The van der Waals surface area contributed by atoms with E-state index >= 15 is 0 Å². The Hall–Kier alpha value is -1.99. The van der Waals surface area contributed by atoms with Crippen molar-refractivity contribution in [1.29, 1.82) is 0 Å². The first-order valence-corrected chi connectivity index (χ1v) is 15.6. The van der Waals surface area contributed by atoms with Gasteiger partial charge in [0.1, 0.15) is 5.01 Å². The number of carbonyl (C=O) groups excluding carboxylic acids is 2. The van der Waals surface area contributed by atoms with Gasteiger partial charge in [-0.05, 0) is 47.4 Å². The fraction of sp³-hybridized carbons (Fsp3) is 0.667. The summed E-state index contributed by atoms with van der Waals surface area (Å²) in [5.41, 5.74) is 3.20. The molecule has 0 saturated heterocycles. The van der Waals surface area contributed by atoms with Gasteiger partial charge in [0, 0.05) is 18.5 Å². The number of nitrogens with zero attached hydrogens (tertiary/aromatic N) is 2. The lowest BCUT2D eigenvalue weighted by molar-refractivity contribution is -0.111. The Morgan fingerprint density at radius 1 is 0.816 bits per heavy atom. The van der Waals surface area contributed by atoms with Crippen LogP contribution in [0.1, 0.15) is 140 Å². The topological polar surface area (TPSA) is 84.0 Å². The van der Waals surface area contributed by atoms with Gasteiger partial charge in [0.05, 0.1) is 0 Å². The van der Waals surface area contributed by atoms with Crippen molar-refractivity contribution >= 4 is 45.0 Å². The molecule has 214 valence electrons. The molecular weight excluding hydrogens is 516 g/mol. The Labute approximate surface area is 239 Å². The summed E-state index contributed by atoms with van der Waals surface area (Å²) in [4.78, 5) is 22.8. The molecule has 0 aliphatic rings. The van der Waals surface area contributed by atoms with E-state index in [1.165, 1.54) is 56.3 Å². The number of aromatic nitrogens is 2. The fourth-order valence-electron chi connectivity index (χ4n) is 4.09. The Morgan fingerprint density at radius 3 is 1.89 bits per heavy atom. The van der Waals surface area contributed by atoms with E-state index in [0.717, 1.165) is 47.5 Å². The van der Waals surface area contributed by atoms with Gasteiger partial charge in [0.2, 0.25) is 10.4 Å². The van der Waals surface area contributed by atoms with Gasteiger partial charge < -0.3 is 5.32 Å². The van der Waals surface area contributed by atoms with Gasteiger partial charge in [-0.25, -0.2) is 4.79 Å². The van der Waals surface area contributed by atoms with Crippen LogP contribution >= 0.6 is 22.9 Å². The van der Waals surface area contributed by atoms with Crippen molar-refractivity contribution in [3.8, 4) is 0 Å². The molecule has 2 rings (SSSR count). The zero-order valence-electron chi connectivity index (χ0n) is 24.4. The van der Waals surface area contributed by atoms with Crippen molar-refractivity contribution in [3.05, 3.63) is 34.3 Å². The van der Waals surface area contributed by atoms with Crippen molar-refractivity contribution in [2.45, 2.75) is 130 Å². The van der Waals surface area contributed by atoms with E-state index in [4.69, 9.17) is 11.6 Å². The second kappa shape index (κ2) is 20.0. The number of anilines is 2. The molecule has 0 spiro atoms. The molecule has 1 aromatic carbocycles. The van der Waals surface area contributed by atoms with E-state index in [0.29, 0.717) is 23.4 Å². The van der Waals surface area contributed by atoms with E-state index in [2.05, 4.69) is 80.6 Å². The molecular formula is C30H49ClN4O2S. The van der Waals surface area contributed by atoms with Crippen LogP contribution in [0.25, 0.3) is 0 Å². The first-order valence-electron chi connectivity index (χ1n) is 14.4. The van der Waals surface area contributed by atoms with Gasteiger partial charge in [0.15, 0.2) is 0 Å². The maximum atomic E-state index is 12.6. The Balaban J connectivity index is 0.000000612. The molecule has 1 heterocycles. The molecule has 0 bridgehead atoms. The molecule has 38 heavy (non-hydrogen) atoms. The SMILES string of the molecule is CCCCCCCC(=O)Cl.CCCCCCCc1nnc(NC(=O)Nc2c(C(C)C)cccc2C(C)C)s1. The third kappa shape index (κ3) is 14.2. The summed E-state index contributed by atoms with van der Waals surface area (Å²) in [6.45, 7) is 12.9. The second-order valence-corrected chi connectivity index (χ2v) is 11.9. The number of halogens is 1. The minimum atomic E-state index is -0.263. The third-order valence-corrected chi connectivity index (χ3v) is 7.36. The van der Waals surface area contributed by atoms with Crippen LogP contribution < -0.4 is 10.6 Å². The number of nitrogens with one attached hydrogen (secondary N) is 2. The first-order chi connectivity index (χ1) is 18.2. The molecule has 2 aromatic rings. The molecule has 6 nitrogen and oxygen atoms in total. The Morgan fingerprint density at radius 2 is 1.37 bits per heavy atom. The van der Waals surface area contributed by atoms with Crippen LogP contribution in [0.2, 0.25) is 0 Å². The number of hydrogen-bond acceptors (Lipinski definition) is 5. The highest BCUT2D eigenvalue weighted by Gasteiger charge is 2.17. The van der Waals surface area contributed by atoms with Crippen LogP contribution in [-0.2, 0) is 11.2 Å². The summed E-state index contributed by atoms with van der Waals surface area (Å²) in [5.74, 6) is 0.657. The van der Waals surface area contributed by atoms with Gasteiger partial charge in [-0.3, -0.25) is 10.1 Å². The van der Waals surface area contributed by atoms with Crippen LogP contribution in [-0.4, -0.2) is 21.5 Å². The third-order valence-electron chi connectivity index (χ3n) is 6.27. The lowest BCUT2D eigenvalue weighted by Crippen LogP contribution is -2.21. The number of para-hydroxylation sites is 1. The van der Waals surface area contributed by atoms with Crippen molar-refractivity contribution in [3.63, 3.8) is 0 Å². The molecule has 2 N–H and O–H groups in total. The molecule has 2 amide bonds. The summed E-state index contributed by atoms with van der Waals surface area (Å²) in [5, 5.41) is 15.6. The second-order valence-electron chi connectivity index (χ2n) is 10.4. The van der Waals surface area contributed by atoms with E-state index in [-0.39, 0.29) is 11.3 Å². The first kappa shape index (κ1) is 34.0. The van der Waals surface area contributed by atoms with Crippen LogP contribution in [0.15, 0.2) is 18.2 Å². The minimum Gasteiger partial charge on any atom is -0.307 e. The number of urea groups is 1. The average molecular weight is 565 g/mol. The van der Waals surface area contributed by atoms with Crippen molar-refractivity contribution in [2.75, 3.05) is 10.6 Å². The number of aryl methyl sites for hydroxylation is 1. The van der Waals surface area contributed by atoms with Crippen molar-refractivity contribution in [2.24, 2.45) is 0 Å². The predicted octanol–water partition coefficient (Wildman–Crippen LogP) is 10.1. The average Bonchev–Trinajstić information content (AvgIpc) is 3.30. The van der Waals surface area contributed by atoms with E-state index in [1.807, 2.05) is 0 Å². The van der Waals surface area contributed by atoms with Gasteiger partial charge in [-0.1, -0.05) is 122 Å². The van der Waals surface area contributed by atoms with Gasteiger partial charge in [0.25, 0.3) is 0 Å². The number of benzene rings is 1. The van der Waals surface area contributed by atoms with Gasteiger partial charge >= 0.3 is 6.03 Å². The highest BCUT2D eigenvalue weighted by atomic mass is 35.5. The van der Waals surface area contributed by atoms with E-state index in [9.17, 15) is 9.59 Å². The number of unbranched alkanes of at least 4 members (excludes halogenated alkanes) is 8. The van der Waals surface area contributed by atoms with Crippen LogP contribution in [0.5, 0.6) is 0 Å². The molecule has 0 unspecified atom stereocenters. The number of amides is 2. The molecule has 0 fully saturated rings. The normalized spacial score (nSPS) is 10.9. The summed E-state index contributed by atoms with van der Waals surface area (Å²) in [6, 6.07) is 5.95. The predicted molar refractivity (Wildman–Crippen MR) is 164 cm³/mol. The lowest BCUT2D eigenvalue weighted by Gasteiger charge is -2.20. The smallest absolute Gasteiger partial charge is 0.307 e. The Bertz CT molecular complexity index is 920. The van der Waals surface area contributed by atoms with E-state index < -0.39 is 0 Å². The van der Waals surface area contributed by atoms with Crippen LogP contribution in [0.4, 0.5) is 15.6 Å². The molecule has 0 aliphatic carbocycles. The zero-order chi connectivity index (χ0) is 28.3. The quantitative estimate of drug-likeness (QED) is 0.157.